The fourth-order valence-electron chi connectivity index (χ4n) is 1.90. The van der Waals surface area contributed by atoms with Gasteiger partial charge in [0, 0.05) is 0 Å². The molecule has 0 amide bonds. The van der Waals surface area contributed by atoms with Gasteiger partial charge in [-0.25, -0.2) is 0 Å². The van der Waals surface area contributed by atoms with Crippen molar-refractivity contribution in [1.29, 1.82) is 0 Å². The van der Waals surface area contributed by atoms with Gasteiger partial charge in [0.05, 0.1) is 0 Å². The summed E-state index contributed by atoms with van der Waals surface area (Å²) in [5, 5.41) is 0. The highest BCUT2D eigenvalue weighted by Crippen LogP contribution is 2.21. The summed E-state index contributed by atoms with van der Waals surface area (Å²) in [5.74, 6) is 0. The first-order chi connectivity index (χ1) is 8.56. The Hall–Kier alpha value is -2.22. The van der Waals surface area contributed by atoms with E-state index in [0.29, 0.717) is 11.4 Å². The van der Waals surface area contributed by atoms with Crippen LogP contribution in [0, 0.1) is 13.8 Å². The number of rotatable bonds is 2. The van der Waals surface area contributed by atoms with Crippen LogP contribution in [0.5, 0.6) is 0 Å². The van der Waals surface area contributed by atoms with Crippen molar-refractivity contribution in [3.63, 3.8) is 0 Å². The van der Waals surface area contributed by atoms with E-state index < -0.39 is 0 Å². The molecule has 0 aliphatic heterocycles. The monoisotopic (exact) mass is 236 g/mol. The first-order valence-electron chi connectivity index (χ1n) is 5.89. The summed E-state index contributed by atoms with van der Waals surface area (Å²) in [7, 11) is 0. The van der Waals surface area contributed by atoms with E-state index in [-0.39, 0.29) is 0 Å². The molecule has 0 aromatic heterocycles. The molecular formula is C16H16N2-2. The molecule has 0 aliphatic carbocycles. The first kappa shape index (κ1) is 12.2. The van der Waals surface area contributed by atoms with E-state index in [1.165, 1.54) is 0 Å². The quantitative estimate of drug-likeness (QED) is 0.588. The molecule has 18 heavy (non-hydrogen) atoms. The minimum absolute atomic E-state index is 0.541. The van der Waals surface area contributed by atoms with Crippen molar-refractivity contribution in [1.82, 2.24) is 0 Å². The van der Waals surface area contributed by atoms with E-state index in [4.69, 9.17) is 11.5 Å². The van der Waals surface area contributed by atoms with E-state index >= 15 is 0 Å². The molecule has 0 heterocycles. The lowest BCUT2D eigenvalue weighted by molar-refractivity contribution is 1.44. The molecule has 92 valence electrons. The van der Waals surface area contributed by atoms with Gasteiger partial charge in [-0.15, -0.1) is 11.4 Å². The summed E-state index contributed by atoms with van der Waals surface area (Å²) < 4.78 is 0. The van der Waals surface area contributed by atoms with Gasteiger partial charge in [-0.2, -0.15) is 0 Å². The molecule has 0 bridgehead atoms. The van der Waals surface area contributed by atoms with Crippen molar-refractivity contribution in [2.24, 2.45) is 0 Å². The van der Waals surface area contributed by atoms with Gasteiger partial charge in [0.1, 0.15) is 0 Å². The van der Waals surface area contributed by atoms with Crippen molar-refractivity contribution >= 4 is 23.5 Å². The van der Waals surface area contributed by atoms with Crippen LogP contribution in [0.2, 0.25) is 0 Å². The Labute approximate surface area is 108 Å². The lowest BCUT2D eigenvalue weighted by Gasteiger charge is -2.08. The number of aryl methyl sites for hydroxylation is 2. The smallest absolute Gasteiger partial charge is 0.0228 e. The molecule has 2 N–H and O–H groups in total. The average molecular weight is 236 g/mol. The van der Waals surface area contributed by atoms with Crippen LogP contribution in [0.3, 0.4) is 0 Å². The van der Waals surface area contributed by atoms with Crippen LogP contribution in [0.15, 0.2) is 36.4 Å². The predicted molar refractivity (Wildman–Crippen MR) is 79.2 cm³/mol. The van der Waals surface area contributed by atoms with Gasteiger partial charge < -0.3 is 11.5 Å². The second kappa shape index (κ2) is 4.96. The molecule has 0 saturated carbocycles. The predicted octanol–water partition coefficient (Wildman–Crippen LogP) is 5.84. The SMILES string of the molecule is Cc1cc([NH-])ccc1/C=C/c1ccc([NH-])cc1C. The lowest BCUT2D eigenvalue weighted by atomic mass is 10.0. The second-order valence-electron chi connectivity index (χ2n) is 4.48. The zero-order valence-electron chi connectivity index (χ0n) is 10.6. The standard InChI is InChI=1S/C16H16N2/c1-11-9-15(17)7-5-13(11)3-4-14-6-8-16(18)10-12(14)2/h3-10,17-18H,1-2H3/q-2/b4-3+. The molecule has 2 aromatic rings. The van der Waals surface area contributed by atoms with Gasteiger partial charge in [0.15, 0.2) is 0 Å². The fourth-order valence-corrected chi connectivity index (χ4v) is 1.90. The maximum absolute atomic E-state index is 7.54. The number of hydrogen-bond donors (Lipinski definition) is 0. The van der Waals surface area contributed by atoms with E-state index in [0.717, 1.165) is 22.3 Å². The Morgan fingerprint density at radius 1 is 0.722 bits per heavy atom. The third kappa shape index (κ3) is 2.72. The summed E-state index contributed by atoms with van der Waals surface area (Å²) >= 11 is 0. The van der Waals surface area contributed by atoms with Crippen molar-refractivity contribution in [2.75, 3.05) is 0 Å². The van der Waals surface area contributed by atoms with Crippen LogP contribution in [-0.4, -0.2) is 0 Å². The highest BCUT2D eigenvalue weighted by atomic mass is 14.5. The van der Waals surface area contributed by atoms with E-state index in [1.807, 2.05) is 38.1 Å². The molecule has 2 nitrogen and oxygen atoms in total. The number of nitrogens with one attached hydrogen (secondary N) is 2. The first-order valence-corrected chi connectivity index (χ1v) is 5.89. The summed E-state index contributed by atoms with van der Waals surface area (Å²) in [6.07, 6.45) is 4.11. The van der Waals surface area contributed by atoms with Crippen molar-refractivity contribution in [2.45, 2.75) is 13.8 Å². The topological polar surface area (TPSA) is 47.6 Å². The highest BCUT2D eigenvalue weighted by Gasteiger charge is 1.94. The summed E-state index contributed by atoms with van der Waals surface area (Å²) in [6.45, 7) is 4.02. The summed E-state index contributed by atoms with van der Waals surface area (Å²) in [4.78, 5) is 0. The van der Waals surface area contributed by atoms with Gasteiger partial charge in [0.25, 0.3) is 0 Å². The third-order valence-corrected chi connectivity index (χ3v) is 2.98. The molecular weight excluding hydrogens is 220 g/mol. The van der Waals surface area contributed by atoms with Crippen LogP contribution in [0.1, 0.15) is 22.3 Å². The molecule has 2 rings (SSSR count). The molecule has 0 atom stereocenters. The summed E-state index contributed by atoms with van der Waals surface area (Å²) in [5.41, 5.74) is 20.6. The van der Waals surface area contributed by atoms with Crippen LogP contribution in [0.25, 0.3) is 23.6 Å². The Balaban J connectivity index is 2.30. The van der Waals surface area contributed by atoms with Crippen LogP contribution in [0.4, 0.5) is 11.4 Å². The van der Waals surface area contributed by atoms with Gasteiger partial charge in [0.2, 0.25) is 0 Å². The zero-order chi connectivity index (χ0) is 13.1. The third-order valence-electron chi connectivity index (χ3n) is 2.98. The highest BCUT2D eigenvalue weighted by molar-refractivity contribution is 5.74. The van der Waals surface area contributed by atoms with Crippen molar-refractivity contribution in [3.05, 3.63) is 70.1 Å². The number of hydrogen-bond acceptors (Lipinski definition) is 0. The molecule has 0 aliphatic rings. The fraction of sp³-hybridized carbons (Fsp3) is 0.125. The lowest BCUT2D eigenvalue weighted by Crippen LogP contribution is -1.81. The largest absolute Gasteiger partial charge is 0.699 e. The number of benzene rings is 2. The minimum atomic E-state index is 0.541. The minimum Gasteiger partial charge on any atom is -0.699 e. The van der Waals surface area contributed by atoms with Crippen LogP contribution >= 0.6 is 0 Å². The molecule has 0 saturated heterocycles. The Kier molecular flexibility index (Phi) is 3.38. The maximum atomic E-state index is 7.54. The van der Waals surface area contributed by atoms with Gasteiger partial charge >= 0.3 is 0 Å². The van der Waals surface area contributed by atoms with E-state index in [2.05, 4.69) is 12.2 Å². The van der Waals surface area contributed by atoms with Gasteiger partial charge in [-0.05, 0) is 36.1 Å². The summed E-state index contributed by atoms with van der Waals surface area (Å²) in [6, 6.07) is 11.2. The van der Waals surface area contributed by atoms with E-state index in [9.17, 15) is 0 Å². The second-order valence-corrected chi connectivity index (χ2v) is 4.48. The normalized spacial score (nSPS) is 11.0. The van der Waals surface area contributed by atoms with E-state index in [1.54, 1.807) is 12.1 Å². The van der Waals surface area contributed by atoms with Gasteiger partial charge in [-0.1, -0.05) is 48.6 Å². The Bertz CT molecular complexity index is 545. The molecule has 0 spiro atoms. The maximum Gasteiger partial charge on any atom is -0.0228 e. The van der Waals surface area contributed by atoms with Crippen LogP contribution in [-0.2, 0) is 0 Å². The molecule has 0 radical (unpaired) electrons. The van der Waals surface area contributed by atoms with Gasteiger partial charge in [-0.3, -0.25) is 0 Å². The molecule has 0 fully saturated rings. The Morgan fingerprint density at radius 2 is 1.11 bits per heavy atom. The zero-order valence-corrected chi connectivity index (χ0v) is 10.6. The average Bonchev–Trinajstić information content (AvgIpc) is 2.30. The van der Waals surface area contributed by atoms with Crippen LogP contribution < -0.4 is 0 Å². The Morgan fingerprint density at radius 3 is 1.44 bits per heavy atom. The van der Waals surface area contributed by atoms with Crippen molar-refractivity contribution < 1.29 is 0 Å². The van der Waals surface area contributed by atoms with Crippen molar-refractivity contribution in [3.8, 4) is 0 Å². The molecule has 2 aromatic carbocycles. The molecule has 0 unspecified atom stereocenters. The molecule has 2 heteroatoms.